The van der Waals surface area contributed by atoms with Crippen LogP contribution in [-0.4, -0.2) is 23.5 Å². The molecule has 1 aliphatic carbocycles. The fraction of sp³-hybridized carbons (Fsp3) is 0.385. The minimum absolute atomic E-state index is 0.198. The quantitative estimate of drug-likeness (QED) is 0.829. The van der Waals surface area contributed by atoms with E-state index in [2.05, 4.69) is 5.32 Å². The molecule has 2 N–H and O–H groups in total. The van der Waals surface area contributed by atoms with E-state index in [1.807, 2.05) is 19.1 Å². The van der Waals surface area contributed by atoms with Gasteiger partial charge in [0.2, 0.25) is 0 Å². The van der Waals surface area contributed by atoms with Crippen molar-refractivity contribution in [3.05, 3.63) is 35.4 Å². The lowest BCUT2D eigenvalue weighted by atomic mass is 10.1. The molecule has 90 valence electrons. The highest BCUT2D eigenvalue weighted by Gasteiger charge is 2.50. The summed E-state index contributed by atoms with van der Waals surface area (Å²) in [5.41, 5.74) is 0.789. The molecule has 0 atom stereocenters. The first kappa shape index (κ1) is 11.6. The van der Waals surface area contributed by atoms with Crippen molar-refractivity contribution in [2.75, 3.05) is 6.54 Å². The molecule has 0 bridgehead atoms. The molecule has 1 saturated carbocycles. The molecule has 1 amide bonds. The molecule has 0 saturated heterocycles. The fourth-order valence-electron chi connectivity index (χ4n) is 1.79. The van der Waals surface area contributed by atoms with Crippen molar-refractivity contribution in [1.29, 1.82) is 0 Å². The standard InChI is InChI=1S/C13H15NO3/c1-9-4-2-3-5-10(9)11(15)14-8-13(6-7-13)12(16)17/h2-5H,6-8H2,1H3,(H,14,15)(H,16,17). The number of benzene rings is 1. The summed E-state index contributed by atoms with van der Waals surface area (Å²) in [5.74, 6) is -1.02. The van der Waals surface area contributed by atoms with Gasteiger partial charge in [-0.05, 0) is 31.4 Å². The Morgan fingerprint density at radius 3 is 2.53 bits per heavy atom. The second-order valence-corrected chi connectivity index (χ2v) is 4.58. The number of nitrogens with one attached hydrogen (secondary N) is 1. The first-order chi connectivity index (χ1) is 8.05. The Morgan fingerprint density at radius 2 is 2.00 bits per heavy atom. The molecular formula is C13H15NO3. The minimum atomic E-state index is -0.817. The summed E-state index contributed by atoms with van der Waals surface area (Å²) >= 11 is 0. The molecule has 0 radical (unpaired) electrons. The SMILES string of the molecule is Cc1ccccc1C(=O)NCC1(C(=O)O)CC1. The van der Waals surface area contributed by atoms with Crippen LogP contribution in [0.5, 0.6) is 0 Å². The van der Waals surface area contributed by atoms with Crippen molar-refractivity contribution in [3.8, 4) is 0 Å². The lowest BCUT2D eigenvalue weighted by Gasteiger charge is -2.12. The number of hydrogen-bond donors (Lipinski definition) is 2. The summed E-state index contributed by atoms with van der Waals surface area (Å²) in [7, 11) is 0. The van der Waals surface area contributed by atoms with Gasteiger partial charge in [-0.2, -0.15) is 0 Å². The molecular weight excluding hydrogens is 218 g/mol. The van der Waals surface area contributed by atoms with Gasteiger partial charge in [-0.3, -0.25) is 9.59 Å². The third-order valence-electron chi connectivity index (χ3n) is 3.28. The fourth-order valence-corrected chi connectivity index (χ4v) is 1.79. The van der Waals surface area contributed by atoms with Crippen LogP contribution in [-0.2, 0) is 4.79 Å². The molecule has 0 aromatic heterocycles. The molecule has 2 rings (SSSR count). The Kier molecular flexibility index (Phi) is 2.88. The molecule has 0 heterocycles. The smallest absolute Gasteiger partial charge is 0.311 e. The minimum Gasteiger partial charge on any atom is -0.481 e. The number of aliphatic carboxylic acids is 1. The summed E-state index contributed by atoms with van der Waals surface area (Å²) in [6.45, 7) is 2.08. The average Bonchev–Trinajstić information content (AvgIpc) is 3.07. The molecule has 0 unspecified atom stereocenters. The van der Waals surface area contributed by atoms with Gasteiger partial charge >= 0.3 is 5.97 Å². The Balaban J connectivity index is 1.99. The number of carboxylic acid groups (broad SMARTS) is 1. The lowest BCUT2D eigenvalue weighted by molar-refractivity contribution is -0.143. The van der Waals surface area contributed by atoms with Gasteiger partial charge in [0.1, 0.15) is 0 Å². The highest BCUT2D eigenvalue weighted by atomic mass is 16.4. The summed E-state index contributed by atoms with van der Waals surface area (Å²) in [5, 5.41) is 11.7. The second kappa shape index (κ2) is 4.20. The highest BCUT2D eigenvalue weighted by molar-refractivity contribution is 5.96. The second-order valence-electron chi connectivity index (χ2n) is 4.58. The van der Waals surface area contributed by atoms with Crippen LogP contribution < -0.4 is 5.32 Å². The van der Waals surface area contributed by atoms with Gasteiger partial charge < -0.3 is 10.4 Å². The maximum absolute atomic E-state index is 11.9. The monoisotopic (exact) mass is 233 g/mol. The van der Waals surface area contributed by atoms with Crippen LogP contribution in [0, 0.1) is 12.3 Å². The van der Waals surface area contributed by atoms with Crippen LogP contribution in [0.1, 0.15) is 28.8 Å². The number of carbonyl (C=O) groups is 2. The molecule has 0 spiro atoms. The third kappa shape index (κ3) is 2.30. The van der Waals surface area contributed by atoms with E-state index in [1.54, 1.807) is 12.1 Å². The highest BCUT2D eigenvalue weighted by Crippen LogP contribution is 2.45. The van der Waals surface area contributed by atoms with E-state index in [0.29, 0.717) is 18.4 Å². The largest absolute Gasteiger partial charge is 0.481 e. The predicted octanol–water partition coefficient (Wildman–Crippen LogP) is 1.59. The van der Waals surface area contributed by atoms with Gasteiger partial charge in [0, 0.05) is 12.1 Å². The summed E-state index contributed by atoms with van der Waals surface area (Å²) in [4.78, 5) is 22.8. The van der Waals surface area contributed by atoms with E-state index in [4.69, 9.17) is 5.11 Å². The Morgan fingerprint density at radius 1 is 1.35 bits per heavy atom. The Hall–Kier alpha value is -1.84. The van der Waals surface area contributed by atoms with E-state index in [-0.39, 0.29) is 12.5 Å². The topological polar surface area (TPSA) is 66.4 Å². The lowest BCUT2D eigenvalue weighted by Crippen LogP contribution is -2.34. The number of hydrogen-bond acceptors (Lipinski definition) is 2. The zero-order valence-corrected chi connectivity index (χ0v) is 9.69. The van der Waals surface area contributed by atoms with Gasteiger partial charge in [-0.25, -0.2) is 0 Å². The maximum Gasteiger partial charge on any atom is 0.311 e. The molecule has 1 aromatic carbocycles. The van der Waals surface area contributed by atoms with Gasteiger partial charge in [-0.1, -0.05) is 18.2 Å². The van der Waals surface area contributed by atoms with Crippen LogP contribution >= 0.6 is 0 Å². The summed E-state index contributed by atoms with van der Waals surface area (Å²) in [6.07, 6.45) is 1.30. The molecule has 0 aliphatic heterocycles. The molecule has 4 nitrogen and oxygen atoms in total. The third-order valence-corrected chi connectivity index (χ3v) is 3.28. The Bertz CT molecular complexity index is 463. The molecule has 1 aliphatic rings. The van der Waals surface area contributed by atoms with Gasteiger partial charge in [0.25, 0.3) is 5.91 Å². The maximum atomic E-state index is 11.9. The van der Waals surface area contributed by atoms with Crippen molar-refractivity contribution in [3.63, 3.8) is 0 Å². The van der Waals surface area contributed by atoms with Gasteiger partial charge in [0.05, 0.1) is 5.41 Å². The first-order valence-electron chi connectivity index (χ1n) is 5.62. The van der Waals surface area contributed by atoms with E-state index in [0.717, 1.165) is 5.56 Å². The predicted molar refractivity (Wildman–Crippen MR) is 62.8 cm³/mol. The molecule has 4 heteroatoms. The van der Waals surface area contributed by atoms with E-state index < -0.39 is 11.4 Å². The first-order valence-corrected chi connectivity index (χ1v) is 5.62. The molecule has 1 fully saturated rings. The molecule has 17 heavy (non-hydrogen) atoms. The number of carbonyl (C=O) groups excluding carboxylic acids is 1. The van der Waals surface area contributed by atoms with Crippen LogP contribution in [0.25, 0.3) is 0 Å². The van der Waals surface area contributed by atoms with E-state index in [9.17, 15) is 9.59 Å². The zero-order chi connectivity index (χ0) is 12.5. The van der Waals surface area contributed by atoms with Crippen molar-refractivity contribution in [1.82, 2.24) is 5.32 Å². The van der Waals surface area contributed by atoms with Crippen LogP contribution in [0.3, 0.4) is 0 Å². The number of carboxylic acids is 1. The van der Waals surface area contributed by atoms with Crippen LogP contribution in [0.4, 0.5) is 0 Å². The van der Waals surface area contributed by atoms with Gasteiger partial charge in [-0.15, -0.1) is 0 Å². The number of amides is 1. The normalized spacial score (nSPS) is 16.3. The van der Waals surface area contributed by atoms with Crippen molar-refractivity contribution in [2.24, 2.45) is 5.41 Å². The zero-order valence-electron chi connectivity index (χ0n) is 9.69. The summed E-state index contributed by atoms with van der Waals surface area (Å²) in [6, 6.07) is 7.27. The van der Waals surface area contributed by atoms with Crippen molar-refractivity contribution in [2.45, 2.75) is 19.8 Å². The number of aryl methyl sites for hydroxylation is 1. The van der Waals surface area contributed by atoms with Crippen LogP contribution in [0.15, 0.2) is 24.3 Å². The van der Waals surface area contributed by atoms with Crippen LogP contribution in [0.2, 0.25) is 0 Å². The number of rotatable bonds is 4. The Labute approximate surface area is 99.6 Å². The average molecular weight is 233 g/mol. The van der Waals surface area contributed by atoms with Crippen molar-refractivity contribution < 1.29 is 14.7 Å². The molecule has 1 aromatic rings. The van der Waals surface area contributed by atoms with E-state index >= 15 is 0 Å². The van der Waals surface area contributed by atoms with Gasteiger partial charge in [0.15, 0.2) is 0 Å². The van der Waals surface area contributed by atoms with E-state index in [1.165, 1.54) is 0 Å². The van der Waals surface area contributed by atoms with Crippen molar-refractivity contribution >= 4 is 11.9 Å². The summed E-state index contributed by atoms with van der Waals surface area (Å²) < 4.78 is 0.